The number of aromatic nitrogens is 2. The lowest BCUT2D eigenvalue weighted by molar-refractivity contribution is 0.414. The summed E-state index contributed by atoms with van der Waals surface area (Å²) in [5, 5.41) is 0. The second-order valence-corrected chi connectivity index (χ2v) is 5.17. The topological polar surface area (TPSA) is 56.2 Å². The van der Waals surface area contributed by atoms with Crippen molar-refractivity contribution in [3.63, 3.8) is 0 Å². The van der Waals surface area contributed by atoms with Crippen LogP contribution >= 0.6 is 0 Å². The van der Waals surface area contributed by atoms with Crippen molar-refractivity contribution in [3.05, 3.63) is 59.0 Å². The molecule has 0 fully saturated rings. The van der Waals surface area contributed by atoms with Crippen LogP contribution in [0.15, 0.2) is 53.3 Å². The number of rotatable bonds is 4. The van der Waals surface area contributed by atoms with Gasteiger partial charge in [0.1, 0.15) is 11.5 Å². The highest BCUT2D eigenvalue weighted by molar-refractivity contribution is 5.79. The summed E-state index contributed by atoms with van der Waals surface area (Å²) in [7, 11) is 5.01. The average Bonchev–Trinajstić information content (AvgIpc) is 2.90. The summed E-state index contributed by atoms with van der Waals surface area (Å²) in [4.78, 5) is 15.0. The Morgan fingerprint density at radius 3 is 1.78 bits per heavy atom. The van der Waals surface area contributed by atoms with E-state index in [-0.39, 0.29) is 5.69 Å². The summed E-state index contributed by atoms with van der Waals surface area (Å²) < 4.78 is 12.0. The number of aromatic amines is 1. The molecule has 0 spiro atoms. The van der Waals surface area contributed by atoms with Gasteiger partial charge in [-0.05, 0) is 48.5 Å². The number of methoxy groups -OCH3 is 2. The van der Waals surface area contributed by atoms with Gasteiger partial charge in [-0.25, -0.2) is 4.79 Å². The number of nitrogens with zero attached hydrogens (tertiary/aromatic N) is 1. The average molecular weight is 310 g/mol. The number of imidazole rings is 1. The van der Waals surface area contributed by atoms with E-state index in [1.165, 1.54) is 0 Å². The van der Waals surface area contributed by atoms with Gasteiger partial charge in [0.25, 0.3) is 0 Å². The number of ether oxygens (including phenoxy) is 2. The lowest BCUT2D eigenvalue weighted by atomic mass is 10.0. The molecule has 0 aliphatic rings. The van der Waals surface area contributed by atoms with Crippen LogP contribution in [0.3, 0.4) is 0 Å². The van der Waals surface area contributed by atoms with Crippen molar-refractivity contribution >= 4 is 0 Å². The highest BCUT2D eigenvalue weighted by Gasteiger charge is 2.15. The molecule has 3 aromatic rings. The van der Waals surface area contributed by atoms with Gasteiger partial charge in [0.15, 0.2) is 0 Å². The summed E-state index contributed by atoms with van der Waals surface area (Å²) in [6, 6.07) is 15.2. The van der Waals surface area contributed by atoms with Gasteiger partial charge in [-0.3, -0.25) is 4.57 Å². The molecule has 0 saturated carbocycles. The normalized spacial score (nSPS) is 10.6. The molecule has 0 radical (unpaired) electrons. The molecule has 5 nitrogen and oxygen atoms in total. The summed E-state index contributed by atoms with van der Waals surface area (Å²) >= 11 is 0. The van der Waals surface area contributed by atoms with Crippen molar-refractivity contribution < 1.29 is 9.47 Å². The zero-order chi connectivity index (χ0) is 16.4. The zero-order valence-corrected chi connectivity index (χ0v) is 13.3. The fraction of sp³-hybridized carbons (Fsp3) is 0.167. The molecular formula is C18H18N2O3. The summed E-state index contributed by atoms with van der Waals surface area (Å²) in [5.74, 6) is 1.55. The van der Waals surface area contributed by atoms with Gasteiger partial charge < -0.3 is 14.5 Å². The molecule has 1 heterocycles. The number of H-pyrrole nitrogens is 1. The van der Waals surface area contributed by atoms with Gasteiger partial charge >= 0.3 is 5.69 Å². The third-order valence-electron chi connectivity index (χ3n) is 3.85. The molecule has 0 saturated heterocycles. The van der Waals surface area contributed by atoms with Gasteiger partial charge in [0.05, 0.1) is 25.6 Å². The quantitative estimate of drug-likeness (QED) is 0.806. The molecule has 0 aliphatic heterocycles. The fourth-order valence-corrected chi connectivity index (χ4v) is 2.57. The Bertz CT molecular complexity index is 859. The van der Waals surface area contributed by atoms with Crippen molar-refractivity contribution in [3.8, 4) is 34.0 Å². The smallest absolute Gasteiger partial charge is 0.326 e. The van der Waals surface area contributed by atoms with Crippen LogP contribution in [0.4, 0.5) is 0 Å². The van der Waals surface area contributed by atoms with E-state index in [0.717, 1.165) is 34.0 Å². The van der Waals surface area contributed by atoms with Gasteiger partial charge in [0.2, 0.25) is 0 Å². The predicted octanol–water partition coefficient (Wildman–Crippen LogP) is 3.06. The van der Waals surface area contributed by atoms with Crippen LogP contribution in [0.5, 0.6) is 11.5 Å². The third-order valence-corrected chi connectivity index (χ3v) is 3.85. The Hall–Kier alpha value is -2.95. The van der Waals surface area contributed by atoms with E-state index in [1.54, 1.807) is 25.8 Å². The standard InChI is InChI=1S/C18H18N2O3/c1-20-17(13-6-10-15(23-3)11-7-13)16(19-18(20)21)12-4-8-14(22-2)9-5-12/h4-11H,1-3H3,(H,19,21). The number of benzene rings is 2. The van der Waals surface area contributed by atoms with E-state index in [0.29, 0.717) is 0 Å². The van der Waals surface area contributed by atoms with E-state index < -0.39 is 0 Å². The molecule has 0 atom stereocenters. The van der Waals surface area contributed by atoms with Crippen LogP contribution in [0, 0.1) is 0 Å². The molecule has 1 aromatic heterocycles. The van der Waals surface area contributed by atoms with E-state index >= 15 is 0 Å². The first kappa shape index (κ1) is 15.0. The Balaban J connectivity index is 2.13. The minimum atomic E-state index is -0.151. The molecule has 0 bridgehead atoms. The Morgan fingerprint density at radius 1 is 0.826 bits per heavy atom. The molecule has 118 valence electrons. The second-order valence-electron chi connectivity index (χ2n) is 5.17. The van der Waals surface area contributed by atoms with Crippen LogP contribution in [0.1, 0.15) is 0 Å². The van der Waals surface area contributed by atoms with Gasteiger partial charge in [-0.2, -0.15) is 0 Å². The summed E-state index contributed by atoms with van der Waals surface area (Å²) in [6.07, 6.45) is 0. The lowest BCUT2D eigenvalue weighted by Crippen LogP contribution is -2.13. The van der Waals surface area contributed by atoms with Gasteiger partial charge in [0, 0.05) is 18.2 Å². The van der Waals surface area contributed by atoms with Crippen molar-refractivity contribution in [2.75, 3.05) is 14.2 Å². The fourth-order valence-electron chi connectivity index (χ4n) is 2.57. The molecule has 0 aliphatic carbocycles. The van der Waals surface area contributed by atoms with E-state index in [1.807, 2.05) is 48.5 Å². The second kappa shape index (κ2) is 6.04. The first-order chi connectivity index (χ1) is 11.1. The molecule has 3 rings (SSSR count). The van der Waals surface area contributed by atoms with Crippen molar-refractivity contribution in [2.24, 2.45) is 7.05 Å². The zero-order valence-electron chi connectivity index (χ0n) is 13.3. The minimum Gasteiger partial charge on any atom is -0.497 e. The largest absolute Gasteiger partial charge is 0.497 e. The van der Waals surface area contributed by atoms with E-state index in [9.17, 15) is 4.79 Å². The van der Waals surface area contributed by atoms with Gasteiger partial charge in [-0.15, -0.1) is 0 Å². The van der Waals surface area contributed by atoms with Crippen molar-refractivity contribution in [2.45, 2.75) is 0 Å². The SMILES string of the molecule is COc1ccc(-c2[nH]c(=O)n(C)c2-c2ccc(OC)cc2)cc1. The number of hydrogen-bond acceptors (Lipinski definition) is 3. The molecular weight excluding hydrogens is 292 g/mol. The van der Waals surface area contributed by atoms with Crippen molar-refractivity contribution in [1.82, 2.24) is 9.55 Å². The third kappa shape index (κ3) is 2.73. The van der Waals surface area contributed by atoms with E-state index in [2.05, 4.69) is 4.98 Å². The van der Waals surface area contributed by atoms with Crippen LogP contribution in [-0.4, -0.2) is 23.8 Å². The Kier molecular flexibility index (Phi) is 3.93. The van der Waals surface area contributed by atoms with Crippen molar-refractivity contribution in [1.29, 1.82) is 0 Å². The monoisotopic (exact) mass is 310 g/mol. The Morgan fingerprint density at radius 2 is 1.30 bits per heavy atom. The molecule has 0 amide bonds. The van der Waals surface area contributed by atoms with Crippen LogP contribution < -0.4 is 15.2 Å². The first-order valence-corrected chi connectivity index (χ1v) is 7.22. The maximum absolute atomic E-state index is 12.1. The van der Waals surface area contributed by atoms with Gasteiger partial charge in [-0.1, -0.05) is 0 Å². The Labute approximate surface area is 134 Å². The highest BCUT2D eigenvalue weighted by atomic mass is 16.5. The lowest BCUT2D eigenvalue weighted by Gasteiger charge is -2.08. The highest BCUT2D eigenvalue weighted by Crippen LogP contribution is 2.31. The molecule has 23 heavy (non-hydrogen) atoms. The summed E-state index contributed by atoms with van der Waals surface area (Å²) in [5.41, 5.74) is 3.33. The van der Waals surface area contributed by atoms with Crippen LogP contribution in [0.2, 0.25) is 0 Å². The molecule has 0 unspecified atom stereocenters. The number of hydrogen-bond donors (Lipinski definition) is 1. The molecule has 1 N–H and O–H groups in total. The van der Waals surface area contributed by atoms with Crippen LogP contribution in [0.25, 0.3) is 22.5 Å². The molecule has 5 heteroatoms. The maximum Gasteiger partial charge on any atom is 0.326 e. The number of nitrogens with one attached hydrogen (secondary N) is 1. The van der Waals surface area contributed by atoms with Crippen LogP contribution in [-0.2, 0) is 7.05 Å². The van der Waals surface area contributed by atoms with E-state index in [4.69, 9.17) is 9.47 Å². The minimum absolute atomic E-state index is 0.151. The summed E-state index contributed by atoms with van der Waals surface area (Å²) in [6.45, 7) is 0. The molecule has 2 aromatic carbocycles. The maximum atomic E-state index is 12.1. The predicted molar refractivity (Wildman–Crippen MR) is 90.0 cm³/mol. The first-order valence-electron chi connectivity index (χ1n) is 7.22.